The third kappa shape index (κ3) is 3.84. The number of sulfonamides is 1. The van der Waals surface area contributed by atoms with Crippen LogP contribution in [0.4, 0.5) is 11.4 Å². The van der Waals surface area contributed by atoms with Crippen molar-refractivity contribution in [1.82, 2.24) is 4.72 Å². The number of hydrogen-bond donors (Lipinski definition) is 3. The quantitative estimate of drug-likeness (QED) is 0.666. The summed E-state index contributed by atoms with van der Waals surface area (Å²) in [6.45, 7) is 2.96. The van der Waals surface area contributed by atoms with Crippen LogP contribution in [0.2, 0.25) is 0 Å². The highest BCUT2D eigenvalue weighted by atomic mass is 32.2. The summed E-state index contributed by atoms with van der Waals surface area (Å²) in [7, 11) is -3.42. The first-order valence-corrected chi connectivity index (χ1v) is 8.14. The minimum Gasteiger partial charge on any atom is -0.397 e. The predicted octanol–water partition coefficient (Wildman–Crippen LogP) is 1.78. The van der Waals surface area contributed by atoms with E-state index in [-0.39, 0.29) is 4.90 Å². The molecule has 106 valence electrons. The molecule has 19 heavy (non-hydrogen) atoms. The molecule has 1 saturated carbocycles. The molecule has 2 rings (SSSR count). The fourth-order valence-electron chi connectivity index (χ4n) is 1.95. The van der Waals surface area contributed by atoms with Gasteiger partial charge in [0, 0.05) is 13.1 Å². The van der Waals surface area contributed by atoms with Gasteiger partial charge in [0.25, 0.3) is 0 Å². The molecule has 1 fully saturated rings. The van der Waals surface area contributed by atoms with Gasteiger partial charge in [-0.1, -0.05) is 19.8 Å². The molecule has 1 aromatic rings. The standard InChI is InChI=1S/C13H21N3O2S/c1-2-16-19(17,18)11-5-6-12(14)13(9-11)15-8-7-10-3-4-10/h5-6,9-10,15-16H,2-4,7-8,14H2,1H3. The molecule has 0 spiro atoms. The molecule has 1 aromatic carbocycles. The molecule has 0 amide bonds. The second-order valence-electron chi connectivity index (χ2n) is 4.91. The van der Waals surface area contributed by atoms with E-state index in [1.807, 2.05) is 0 Å². The average molecular weight is 283 g/mol. The summed E-state index contributed by atoms with van der Waals surface area (Å²) in [5.41, 5.74) is 7.13. The van der Waals surface area contributed by atoms with Crippen molar-refractivity contribution in [2.75, 3.05) is 24.1 Å². The Morgan fingerprint density at radius 1 is 1.37 bits per heavy atom. The van der Waals surface area contributed by atoms with Gasteiger partial charge in [0.2, 0.25) is 10.0 Å². The van der Waals surface area contributed by atoms with Crippen molar-refractivity contribution in [1.29, 1.82) is 0 Å². The van der Waals surface area contributed by atoms with Gasteiger partial charge in [-0.25, -0.2) is 13.1 Å². The molecule has 1 aliphatic rings. The molecular formula is C13H21N3O2S. The SMILES string of the molecule is CCNS(=O)(=O)c1ccc(N)c(NCCC2CC2)c1. The third-order valence-corrected chi connectivity index (χ3v) is 4.78. The maximum absolute atomic E-state index is 11.9. The van der Waals surface area contributed by atoms with E-state index in [2.05, 4.69) is 10.0 Å². The molecule has 0 unspecified atom stereocenters. The third-order valence-electron chi connectivity index (χ3n) is 3.23. The normalized spacial score (nSPS) is 15.4. The molecule has 0 aromatic heterocycles. The second-order valence-corrected chi connectivity index (χ2v) is 6.68. The minimum atomic E-state index is -3.42. The first kappa shape index (κ1) is 14.1. The molecule has 0 radical (unpaired) electrons. The lowest BCUT2D eigenvalue weighted by atomic mass is 10.2. The molecule has 6 heteroatoms. The zero-order chi connectivity index (χ0) is 13.9. The molecule has 0 aliphatic heterocycles. The summed E-state index contributed by atoms with van der Waals surface area (Å²) in [6, 6.07) is 4.75. The Kier molecular flexibility index (Phi) is 4.31. The van der Waals surface area contributed by atoms with E-state index in [1.54, 1.807) is 19.1 Å². The van der Waals surface area contributed by atoms with E-state index in [0.717, 1.165) is 18.9 Å². The summed E-state index contributed by atoms with van der Waals surface area (Å²) in [5, 5.41) is 3.22. The zero-order valence-electron chi connectivity index (χ0n) is 11.1. The van der Waals surface area contributed by atoms with Crippen LogP contribution in [0.3, 0.4) is 0 Å². The van der Waals surface area contributed by atoms with Crippen molar-refractivity contribution in [3.05, 3.63) is 18.2 Å². The van der Waals surface area contributed by atoms with Crippen LogP contribution in [0.25, 0.3) is 0 Å². The Morgan fingerprint density at radius 3 is 2.74 bits per heavy atom. The van der Waals surface area contributed by atoms with Gasteiger partial charge in [0.15, 0.2) is 0 Å². The molecule has 0 atom stereocenters. The molecule has 1 aliphatic carbocycles. The molecule has 5 nitrogen and oxygen atoms in total. The van der Waals surface area contributed by atoms with Gasteiger partial charge in [-0.15, -0.1) is 0 Å². The molecule has 4 N–H and O–H groups in total. The summed E-state index contributed by atoms with van der Waals surface area (Å²) in [5.74, 6) is 0.836. The van der Waals surface area contributed by atoms with Crippen molar-refractivity contribution in [3.8, 4) is 0 Å². The second kappa shape index (κ2) is 5.79. The highest BCUT2D eigenvalue weighted by molar-refractivity contribution is 7.89. The number of nitrogens with one attached hydrogen (secondary N) is 2. The maximum Gasteiger partial charge on any atom is 0.240 e. The van der Waals surface area contributed by atoms with Crippen LogP contribution in [0.1, 0.15) is 26.2 Å². The van der Waals surface area contributed by atoms with Gasteiger partial charge < -0.3 is 11.1 Å². The number of benzene rings is 1. The van der Waals surface area contributed by atoms with Crippen molar-refractivity contribution in [3.63, 3.8) is 0 Å². The Bertz CT molecular complexity index is 539. The smallest absolute Gasteiger partial charge is 0.240 e. The van der Waals surface area contributed by atoms with Gasteiger partial charge in [-0.05, 0) is 30.5 Å². The number of rotatable bonds is 7. The van der Waals surface area contributed by atoms with Crippen LogP contribution in [0.5, 0.6) is 0 Å². The van der Waals surface area contributed by atoms with Crippen molar-refractivity contribution < 1.29 is 8.42 Å². The number of nitrogens with two attached hydrogens (primary N) is 1. The minimum absolute atomic E-state index is 0.248. The van der Waals surface area contributed by atoms with E-state index >= 15 is 0 Å². The number of hydrogen-bond acceptors (Lipinski definition) is 4. The zero-order valence-corrected chi connectivity index (χ0v) is 12.0. The number of nitrogen functional groups attached to an aromatic ring is 1. The first-order valence-electron chi connectivity index (χ1n) is 6.66. The lowest BCUT2D eigenvalue weighted by Crippen LogP contribution is -2.23. The van der Waals surface area contributed by atoms with E-state index < -0.39 is 10.0 Å². The average Bonchev–Trinajstić information content (AvgIpc) is 3.15. The Balaban J connectivity index is 2.09. The Morgan fingerprint density at radius 2 is 2.11 bits per heavy atom. The van der Waals surface area contributed by atoms with Crippen molar-refractivity contribution >= 4 is 21.4 Å². The Labute approximate surface area is 114 Å². The van der Waals surface area contributed by atoms with Gasteiger partial charge >= 0.3 is 0 Å². The van der Waals surface area contributed by atoms with Crippen molar-refractivity contribution in [2.45, 2.75) is 31.1 Å². The van der Waals surface area contributed by atoms with E-state index in [0.29, 0.717) is 17.9 Å². The van der Waals surface area contributed by atoms with E-state index in [1.165, 1.54) is 18.9 Å². The summed E-state index contributed by atoms with van der Waals surface area (Å²) in [4.78, 5) is 0.248. The van der Waals surface area contributed by atoms with Crippen LogP contribution in [-0.4, -0.2) is 21.5 Å². The fourth-order valence-corrected chi connectivity index (χ4v) is 3.01. The van der Waals surface area contributed by atoms with Crippen LogP contribution in [0, 0.1) is 5.92 Å². The largest absolute Gasteiger partial charge is 0.397 e. The van der Waals surface area contributed by atoms with Crippen LogP contribution in [-0.2, 0) is 10.0 Å². The number of anilines is 2. The van der Waals surface area contributed by atoms with E-state index in [9.17, 15) is 8.42 Å². The maximum atomic E-state index is 11.9. The molecule has 0 heterocycles. The first-order chi connectivity index (χ1) is 9.03. The highest BCUT2D eigenvalue weighted by Gasteiger charge is 2.20. The van der Waals surface area contributed by atoms with Gasteiger partial charge in [0.1, 0.15) is 0 Å². The summed E-state index contributed by atoms with van der Waals surface area (Å²) >= 11 is 0. The monoisotopic (exact) mass is 283 g/mol. The lowest BCUT2D eigenvalue weighted by Gasteiger charge is -2.11. The summed E-state index contributed by atoms with van der Waals surface area (Å²) < 4.78 is 26.3. The molecule has 0 bridgehead atoms. The van der Waals surface area contributed by atoms with Crippen molar-refractivity contribution in [2.24, 2.45) is 5.92 Å². The molecular weight excluding hydrogens is 262 g/mol. The summed E-state index contributed by atoms with van der Waals surface area (Å²) in [6.07, 6.45) is 3.74. The fraction of sp³-hybridized carbons (Fsp3) is 0.538. The molecule has 0 saturated heterocycles. The van der Waals surface area contributed by atoms with E-state index in [4.69, 9.17) is 5.73 Å². The van der Waals surface area contributed by atoms with Crippen LogP contribution < -0.4 is 15.8 Å². The lowest BCUT2D eigenvalue weighted by molar-refractivity contribution is 0.584. The van der Waals surface area contributed by atoms with Gasteiger partial charge in [-0.3, -0.25) is 0 Å². The van der Waals surface area contributed by atoms with Crippen LogP contribution >= 0.6 is 0 Å². The Hall–Kier alpha value is -1.27. The van der Waals surface area contributed by atoms with Gasteiger partial charge in [0.05, 0.1) is 16.3 Å². The highest BCUT2D eigenvalue weighted by Crippen LogP contribution is 2.32. The van der Waals surface area contributed by atoms with Gasteiger partial charge in [-0.2, -0.15) is 0 Å². The van der Waals surface area contributed by atoms with Crippen LogP contribution in [0.15, 0.2) is 23.1 Å². The topological polar surface area (TPSA) is 84.2 Å². The predicted molar refractivity (Wildman–Crippen MR) is 77.5 cm³/mol.